The van der Waals surface area contributed by atoms with Gasteiger partial charge in [-0.15, -0.1) is 11.3 Å². The molecule has 1 saturated heterocycles. The first-order valence-corrected chi connectivity index (χ1v) is 9.70. The molecule has 28 heavy (non-hydrogen) atoms. The van der Waals surface area contributed by atoms with Gasteiger partial charge in [0, 0.05) is 31.0 Å². The molecule has 148 valence electrons. The largest absolute Gasteiger partial charge is 0.477 e. The zero-order chi connectivity index (χ0) is 20.5. The molecule has 0 saturated carbocycles. The van der Waals surface area contributed by atoms with Crippen LogP contribution < -0.4 is 0 Å². The van der Waals surface area contributed by atoms with Gasteiger partial charge in [0.15, 0.2) is 5.69 Å². The van der Waals surface area contributed by atoms with Crippen LogP contribution >= 0.6 is 11.3 Å². The second-order valence-electron chi connectivity index (χ2n) is 7.41. The van der Waals surface area contributed by atoms with E-state index in [1.54, 1.807) is 30.8 Å². The quantitative estimate of drug-likeness (QED) is 0.727. The number of carbonyl (C=O) groups is 3. The number of hydrogen-bond donors (Lipinski definition) is 2. The van der Waals surface area contributed by atoms with Crippen molar-refractivity contribution in [3.8, 4) is 0 Å². The van der Waals surface area contributed by atoms with Crippen LogP contribution in [0.25, 0.3) is 10.4 Å². The SMILES string of the molecule is C[C@@H](O)[C@H]1C(=O)N2C(C(=O)O)=C(c3csc4c(C(=O)N(C)C)ncn34)[C@H](C)[C@H]12. The third-order valence-electron chi connectivity index (χ3n) is 5.52. The number of aliphatic carboxylic acids is 1. The van der Waals surface area contributed by atoms with Crippen LogP contribution in [0.4, 0.5) is 0 Å². The summed E-state index contributed by atoms with van der Waals surface area (Å²) < 4.78 is 1.70. The van der Waals surface area contributed by atoms with Crippen molar-refractivity contribution in [1.29, 1.82) is 0 Å². The lowest BCUT2D eigenvalue weighted by Gasteiger charge is -2.46. The maximum atomic E-state index is 12.5. The normalized spacial score (nSPS) is 25.1. The summed E-state index contributed by atoms with van der Waals surface area (Å²) in [4.78, 5) is 44.4. The number of aliphatic hydroxyl groups excluding tert-OH is 1. The number of β-lactam (4-membered cyclic amide) rings is 1. The maximum absolute atomic E-state index is 12.5. The molecule has 1 fully saturated rings. The Morgan fingerprint density at radius 1 is 1.36 bits per heavy atom. The number of fused-ring (bicyclic) bond motifs is 2. The van der Waals surface area contributed by atoms with Crippen LogP contribution in [0.3, 0.4) is 0 Å². The fourth-order valence-electron chi connectivity index (χ4n) is 4.25. The second-order valence-corrected chi connectivity index (χ2v) is 8.27. The Morgan fingerprint density at radius 2 is 2.04 bits per heavy atom. The van der Waals surface area contributed by atoms with Crippen molar-refractivity contribution in [2.24, 2.45) is 11.8 Å². The van der Waals surface area contributed by atoms with Crippen LogP contribution in [0, 0.1) is 11.8 Å². The smallest absolute Gasteiger partial charge is 0.352 e. The second kappa shape index (κ2) is 6.14. The van der Waals surface area contributed by atoms with Crippen molar-refractivity contribution < 1.29 is 24.6 Å². The number of thiazole rings is 1. The number of aliphatic hydroxyl groups is 1. The number of carbonyl (C=O) groups excluding carboxylic acids is 2. The van der Waals surface area contributed by atoms with Gasteiger partial charge >= 0.3 is 5.97 Å². The van der Waals surface area contributed by atoms with Gasteiger partial charge < -0.3 is 20.0 Å². The minimum Gasteiger partial charge on any atom is -0.477 e. The molecule has 2 aliphatic heterocycles. The number of amides is 2. The lowest BCUT2D eigenvalue weighted by Crippen LogP contribution is -2.63. The number of rotatable bonds is 4. The Labute approximate surface area is 164 Å². The summed E-state index contributed by atoms with van der Waals surface area (Å²) in [6, 6.07) is -0.394. The summed E-state index contributed by atoms with van der Waals surface area (Å²) in [6.07, 6.45) is 0.645. The van der Waals surface area contributed by atoms with Crippen LogP contribution in [-0.4, -0.2) is 73.4 Å². The van der Waals surface area contributed by atoms with E-state index in [4.69, 9.17) is 0 Å². The Bertz CT molecular complexity index is 1050. The first-order valence-electron chi connectivity index (χ1n) is 8.82. The van der Waals surface area contributed by atoms with Gasteiger partial charge in [-0.3, -0.25) is 14.0 Å². The Kier molecular flexibility index (Phi) is 4.09. The number of carboxylic acid groups (broad SMARTS) is 1. The van der Waals surface area contributed by atoms with Crippen molar-refractivity contribution in [3.05, 3.63) is 28.8 Å². The molecule has 2 N–H and O–H groups in total. The predicted octanol–water partition coefficient (Wildman–Crippen LogP) is 0.751. The van der Waals surface area contributed by atoms with Gasteiger partial charge in [-0.1, -0.05) is 6.92 Å². The lowest BCUT2D eigenvalue weighted by molar-refractivity contribution is -0.163. The highest BCUT2D eigenvalue weighted by atomic mass is 32.1. The summed E-state index contributed by atoms with van der Waals surface area (Å²) in [7, 11) is 3.28. The van der Waals surface area contributed by atoms with Crippen molar-refractivity contribution in [2.45, 2.75) is 26.0 Å². The van der Waals surface area contributed by atoms with Crippen LogP contribution in [-0.2, 0) is 9.59 Å². The molecule has 4 rings (SSSR count). The van der Waals surface area contributed by atoms with Gasteiger partial charge in [0.05, 0.1) is 23.8 Å². The van der Waals surface area contributed by atoms with Crippen molar-refractivity contribution in [3.63, 3.8) is 0 Å². The van der Waals surface area contributed by atoms with E-state index in [-0.39, 0.29) is 23.4 Å². The van der Waals surface area contributed by atoms with Gasteiger partial charge in [-0.2, -0.15) is 0 Å². The number of imidazole rings is 1. The minimum atomic E-state index is -1.19. The molecule has 10 heteroatoms. The van der Waals surface area contributed by atoms with Gasteiger partial charge in [0.25, 0.3) is 5.91 Å². The topological polar surface area (TPSA) is 115 Å². The fraction of sp³-hybridized carbons (Fsp3) is 0.444. The van der Waals surface area contributed by atoms with E-state index < -0.39 is 24.0 Å². The first-order chi connectivity index (χ1) is 13.2. The zero-order valence-electron chi connectivity index (χ0n) is 15.8. The van der Waals surface area contributed by atoms with E-state index in [0.29, 0.717) is 21.8 Å². The Balaban J connectivity index is 1.86. The van der Waals surface area contributed by atoms with E-state index in [0.717, 1.165) is 0 Å². The zero-order valence-corrected chi connectivity index (χ0v) is 16.6. The molecule has 0 aliphatic carbocycles. The van der Waals surface area contributed by atoms with Crippen molar-refractivity contribution >= 4 is 39.5 Å². The predicted molar refractivity (Wildman–Crippen MR) is 101 cm³/mol. The van der Waals surface area contributed by atoms with E-state index in [2.05, 4.69) is 4.98 Å². The molecule has 9 nitrogen and oxygen atoms in total. The molecule has 0 radical (unpaired) electrons. The molecular weight excluding hydrogens is 384 g/mol. The highest BCUT2D eigenvalue weighted by Crippen LogP contribution is 2.50. The standard InChI is InChI=1S/C18H20N4O5S/c1-7-10(14(18(26)27)22-13(7)11(8(2)23)15(22)24)9-5-28-17-12(16(25)20(3)4)19-6-21(9)17/h5-8,11,13,23H,1-4H3,(H,26,27)/t7-,8+,11+,13+/m0/s1. The Hall–Kier alpha value is -2.72. The number of carboxylic acids is 1. The summed E-state index contributed by atoms with van der Waals surface area (Å²) in [5.74, 6) is -2.71. The molecule has 2 aromatic heterocycles. The molecule has 0 aromatic carbocycles. The number of hydrogen-bond acceptors (Lipinski definition) is 6. The molecule has 0 unspecified atom stereocenters. The average molecular weight is 404 g/mol. The molecule has 4 heterocycles. The monoisotopic (exact) mass is 404 g/mol. The van der Waals surface area contributed by atoms with E-state index in [9.17, 15) is 24.6 Å². The third-order valence-corrected chi connectivity index (χ3v) is 6.48. The van der Waals surface area contributed by atoms with Crippen LogP contribution in [0.2, 0.25) is 0 Å². The molecule has 2 aliphatic rings. The van der Waals surface area contributed by atoms with E-state index in [1.807, 2.05) is 6.92 Å². The van der Waals surface area contributed by atoms with Gasteiger partial charge in [-0.05, 0) is 6.92 Å². The van der Waals surface area contributed by atoms with Crippen LogP contribution in [0.15, 0.2) is 17.4 Å². The van der Waals surface area contributed by atoms with E-state index in [1.165, 1.54) is 27.5 Å². The summed E-state index contributed by atoms with van der Waals surface area (Å²) in [5, 5.41) is 21.6. The highest BCUT2D eigenvalue weighted by Gasteiger charge is 2.60. The highest BCUT2D eigenvalue weighted by molar-refractivity contribution is 7.16. The van der Waals surface area contributed by atoms with Gasteiger partial charge in [-0.25, -0.2) is 9.78 Å². The molecule has 0 bridgehead atoms. The molecule has 0 spiro atoms. The van der Waals surface area contributed by atoms with E-state index >= 15 is 0 Å². The third kappa shape index (κ3) is 2.27. The Morgan fingerprint density at radius 3 is 2.61 bits per heavy atom. The number of nitrogens with zero attached hydrogens (tertiary/aromatic N) is 4. The van der Waals surface area contributed by atoms with Crippen molar-refractivity contribution in [2.75, 3.05) is 14.1 Å². The average Bonchev–Trinajstić information content (AvgIpc) is 3.25. The fourth-order valence-corrected chi connectivity index (χ4v) is 5.22. The van der Waals surface area contributed by atoms with Gasteiger partial charge in [0.2, 0.25) is 5.91 Å². The van der Waals surface area contributed by atoms with Crippen LogP contribution in [0.1, 0.15) is 30.0 Å². The minimum absolute atomic E-state index is 0.0618. The molecule has 2 amide bonds. The molecule has 4 atom stereocenters. The lowest BCUT2D eigenvalue weighted by atomic mass is 9.77. The van der Waals surface area contributed by atoms with Gasteiger partial charge in [0.1, 0.15) is 16.9 Å². The van der Waals surface area contributed by atoms with Crippen LogP contribution in [0.5, 0.6) is 0 Å². The first kappa shape index (κ1) is 18.6. The summed E-state index contributed by atoms with van der Waals surface area (Å²) in [6.45, 7) is 3.40. The summed E-state index contributed by atoms with van der Waals surface area (Å²) >= 11 is 1.30. The van der Waals surface area contributed by atoms with Crippen molar-refractivity contribution in [1.82, 2.24) is 19.2 Å². The molecular formula is C18H20N4O5S. The summed E-state index contributed by atoms with van der Waals surface area (Å²) in [5.41, 5.74) is 1.35. The maximum Gasteiger partial charge on any atom is 0.352 e. The number of aromatic nitrogens is 2. The molecule has 2 aromatic rings.